The fourth-order valence-corrected chi connectivity index (χ4v) is 3.39. The second-order valence-electron chi connectivity index (χ2n) is 6.88. The molecule has 4 N–H and O–H groups in total. The molecule has 3 rings (SSSR count). The van der Waals surface area contributed by atoms with E-state index >= 15 is 0 Å². The highest BCUT2D eigenvalue weighted by atomic mass is 16.5. The summed E-state index contributed by atoms with van der Waals surface area (Å²) < 4.78 is 7.18. The lowest BCUT2D eigenvalue weighted by Crippen LogP contribution is -2.26. The summed E-state index contributed by atoms with van der Waals surface area (Å²) in [5.74, 6) is 1.15. The number of nitrogens with two attached hydrogens (primary N) is 2. The molecule has 0 aliphatic rings. The molecule has 0 unspecified atom stereocenters. The van der Waals surface area contributed by atoms with E-state index in [-0.39, 0.29) is 5.56 Å². The Kier molecular flexibility index (Phi) is 5.37. The van der Waals surface area contributed by atoms with Crippen LogP contribution in [0, 0.1) is 0 Å². The van der Waals surface area contributed by atoms with Crippen molar-refractivity contribution >= 4 is 22.3 Å². The topological polar surface area (TPSA) is 86.5 Å². The SMILES string of the molecule is COc1ccccc1-c1c(N)n(CCCN(C)C)c(=O)c2cc(N)ccc12. The van der Waals surface area contributed by atoms with Gasteiger partial charge in [0, 0.05) is 28.7 Å². The van der Waals surface area contributed by atoms with Crippen LogP contribution in [0.4, 0.5) is 11.5 Å². The van der Waals surface area contributed by atoms with Crippen molar-refractivity contribution in [3.8, 4) is 16.9 Å². The van der Waals surface area contributed by atoms with E-state index in [2.05, 4.69) is 4.90 Å². The smallest absolute Gasteiger partial charge is 0.260 e. The molecule has 3 aromatic rings. The third-order valence-electron chi connectivity index (χ3n) is 4.70. The van der Waals surface area contributed by atoms with E-state index in [1.165, 1.54) is 0 Å². The highest BCUT2D eigenvalue weighted by Gasteiger charge is 2.18. The van der Waals surface area contributed by atoms with E-state index in [0.717, 1.165) is 29.5 Å². The summed E-state index contributed by atoms with van der Waals surface area (Å²) >= 11 is 0. The van der Waals surface area contributed by atoms with E-state index in [0.29, 0.717) is 29.2 Å². The molecule has 6 heteroatoms. The molecule has 0 saturated heterocycles. The minimum atomic E-state index is -0.118. The Morgan fingerprint density at radius 1 is 1.07 bits per heavy atom. The van der Waals surface area contributed by atoms with Gasteiger partial charge in [0.1, 0.15) is 11.6 Å². The van der Waals surface area contributed by atoms with Crippen molar-refractivity contribution in [3.05, 3.63) is 52.8 Å². The molecule has 0 radical (unpaired) electrons. The van der Waals surface area contributed by atoms with Gasteiger partial charge in [0.25, 0.3) is 5.56 Å². The molecule has 2 aromatic carbocycles. The largest absolute Gasteiger partial charge is 0.496 e. The van der Waals surface area contributed by atoms with Crippen LogP contribution in [-0.4, -0.2) is 37.2 Å². The van der Waals surface area contributed by atoms with Crippen molar-refractivity contribution < 1.29 is 4.74 Å². The van der Waals surface area contributed by atoms with Gasteiger partial charge < -0.3 is 21.1 Å². The molecule has 0 amide bonds. The van der Waals surface area contributed by atoms with Crippen LogP contribution in [0.3, 0.4) is 0 Å². The maximum Gasteiger partial charge on any atom is 0.260 e. The van der Waals surface area contributed by atoms with Crippen LogP contribution in [0.2, 0.25) is 0 Å². The summed E-state index contributed by atoms with van der Waals surface area (Å²) in [4.78, 5) is 15.2. The van der Waals surface area contributed by atoms with Crippen molar-refractivity contribution in [2.24, 2.45) is 0 Å². The van der Waals surface area contributed by atoms with Gasteiger partial charge in [0.15, 0.2) is 0 Å². The number of nitrogens with zero attached hydrogens (tertiary/aromatic N) is 2. The van der Waals surface area contributed by atoms with Crippen molar-refractivity contribution in [1.82, 2.24) is 9.47 Å². The third kappa shape index (κ3) is 3.61. The standard InChI is InChI=1S/C21H26N4O2/c1-24(2)11-6-12-25-20(23)19(16-7-4-5-8-18(16)27-3)15-10-9-14(22)13-17(15)21(25)26/h4-5,7-10,13H,6,11-12,22-23H2,1-3H3. The summed E-state index contributed by atoms with van der Waals surface area (Å²) in [6.07, 6.45) is 0.816. The number of ether oxygens (including phenoxy) is 1. The van der Waals surface area contributed by atoms with Gasteiger partial charge in [-0.05, 0) is 50.6 Å². The Morgan fingerprint density at radius 3 is 2.52 bits per heavy atom. The summed E-state index contributed by atoms with van der Waals surface area (Å²) in [6, 6.07) is 13.0. The number of rotatable bonds is 6. The molecule has 0 spiro atoms. The van der Waals surface area contributed by atoms with Crippen molar-refractivity contribution in [1.29, 1.82) is 0 Å². The average molecular weight is 366 g/mol. The van der Waals surface area contributed by atoms with E-state index < -0.39 is 0 Å². The number of anilines is 2. The number of benzene rings is 2. The number of para-hydroxylation sites is 1. The summed E-state index contributed by atoms with van der Waals surface area (Å²) in [7, 11) is 5.64. The van der Waals surface area contributed by atoms with Crippen LogP contribution in [0.5, 0.6) is 5.75 Å². The van der Waals surface area contributed by atoms with E-state index in [9.17, 15) is 4.79 Å². The second kappa shape index (κ2) is 7.72. The maximum atomic E-state index is 13.1. The molecule has 6 nitrogen and oxygen atoms in total. The number of hydrogen-bond donors (Lipinski definition) is 2. The number of hydrogen-bond acceptors (Lipinski definition) is 5. The fourth-order valence-electron chi connectivity index (χ4n) is 3.39. The van der Waals surface area contributed by atoms with Gasteiger partial charge >= 0.3 is 0 Å². The Morgan fingerprint density at radius 2 is 1.81 bits per heavy atom. The number of aromatic nitrogens is 1. The minimum absolute atomic E-state index is 0.118. The zero-order valence-corrected chi connectivity index (χ0v) is 16.0. The molecule has 0 bridgehead atoms. The molecule has 0 aliphatic carbocycles. The van der Waals surface area contributed by atoms with Crippen LogP contribution in [-0.2, 0) is 6.54 Å². The Labute approximate surface area is 159 Å². The summed E-state index contributed by atoms with van der Waals surface area (Å²) in [5.41, 5.74) is 14.6. The normalized spacial score (nSPS) is 11.3. The van der Waals surface area contributed by atoms with Crippen molar-refractivity contribution in [3.63, 3.8) is 0 Å². The van der Waals surface area contributed by atoms with E-state index in [4.69, 9.17) is 16.2 Å². The highest BCUT2D eigenvalue weighted by molar-refractivity contribution is 6.03. The number of methoxy groups -OCH3 is 1. The Bertz CT molecular complexity index is 1020. The monoisotopic (exact) mass is 366 g/mol. The van der Waals surface area contributed by atoms with E-state index in [1.54, 1.807) is 23.8 Å². The Hall–Kier alpha value is -2.99. The van der Waals surface area contributed by atoms with Crippen LogP contribution in [0.15, 0.2) is 47.3 Å². The van der Waals surface area contributed by atoms with Gasteiger partial charge in [-0.3, -0.25) is 9.36 Å². The average Bonchev–Trinajstić information content (AvgIpc) is 2.65. The van der Waals surface area contributed by atoms with Gasteiger partial charge in [-0.25, -0.2) is 0 Å². The number of fused-ring (bicyclic) bond motifs is 1. The fraction of sp³-hybridized carbons (Fsp3) is 0.286. The lowest BCUT2D eigenvalue weighted by molar-refractivity contribution is 0.386. The van der Waals surface area contributed by atoms with Crippen LogP contribution >= 0.6 is 0 Å². The van der Waals surface area contributed by atoms with Crippen molar-refractivity contribution in [2.75, 3.05) is 39.2 Å². The van der Waals surface area contributed by atoms with Crippen molar-refractivity contribution in [2.45, 2.75) is 13.0 Å². The molecule has 1 heterocycles. The lowest BCUT2D eigenvalue weighted by atomic mass is 9.98. The molecule has 0 atom stereocenters. The predicted molar refractivity (Wildman–Crippen MR) is 112 cm³/mol. The van der Waals surface area contributed by atoms with Gasteiger partial charge in [-0.15, -0.1) is 0 Å². The predicted octanol–water partition coefficient (Wildman–Crippen LogP) is 2.79. The van der Waals surface area contributed by atoms with Gasteiger partial charge in [0.2, 0.25) is 0 Å². The minimum Gasteiger partial charge on any atom is -0.496 e. The van der Waals surface area contributed by atoms with E-state index in [1.807, 2.05) is 44.4 Å². The molecule has 0 fully saturated rings. The lowest BCUT2D eigenvalue weighted by Gasteiger charge is -2.19. The first-order chi connectivity index (χ1) is 12.9. The number of pyridine rings is 1. The van der Waals surface area contributed by atoms with Gasteiger partial charge in [0.05, 0.1) is 7.11 Å². The number of nitrogen functional groups attached to an aromatic ring is 2. The van der Waals surface area contributed by atoms with Gasteiger partial charge in [-0.1, -0.05) is 24.3 Å². The first-order valence-electron chi connectivity index (χ1n) is 8.93. The molecular formula is C21H26N4O2. The highest BCUT2D eigenvalue weighted by Crippen LogP contribution is 2.38. The first kappa shape index (κ1) is 18.8. The summed E-state index contributed by atoms with van der Waals surface area (Å²) in [6.45, 7) is 1.40. The Balaban J connectivity index is 2.30. The van der Waals surface area contributed by atoms with Gasteiger partial charge in [-0.2, -0.15) is 0 Å². The molecule has 1 aromatic heterocycles. The molecule has 27 heavy (non-hydrogen) atoms. The molecular weight excluding hydrogens is 340 g/mol. The zero-order chi connectivity index (χ0) is 19.6. The quantitative estimate of drug-likeness (QED) is 0.655. The van der Waals surface area contributed by atoms with Crippen LogP contribution < -0.4 is 21.8 Å². The third-order valence-corrected chi connectivity index (χ3v) is 4.70. The molecule has 142 valence electrons. The summed E-state index contributed by atoms with van der Waals surface area (Å²) in [5, 5.41) is 1.34. The molecule has 0 aliphatic heterocycles. The van der Waals surface area contributed by atoms with Crippen LogP contribution in [0.1, 0.15) is 6.42 Å². The second-order valence-corrected chi connectivity index (χ2v) is 6.88. The first-order valence-corrected chi connectivity index (χ1v) is 8.93. The zero-order valence-electron chi connectivity index (χ0n) is 16.0. The molecule has 0 saturated carbocycles. The van der Waals surface area contributed by atoms with Crippen LogP contribution in [0.25, 0.3) is 21.9 Å². The maximum absolute atomic E-state index is 13.1.